The normalized spacial score (nSPS) is 19.6. The van der Waals surface area contributed by atoms with E-state index in [4.69, 9.17) is 0 Å². The largest absolute Gasteiger partial charge is 0.293 e. The zero-order valence-corrected chi connectivity index (χ0v) is 11.6. The first-order chi connectivity index (χ1) is 9.72. The van der Waals surface area contributed by atoms with Gasteiger partial charge in [-0.25, -0.2) is 4.68 Å². The third-order valence-electron chi connectivity index (χ3n) is 3.79. The summed E-state index contributed by atoms with van der Waals surface area (Å²) >= 11 is 0. The minimum absolute atomic E-state index is 0.0324. The van der Waals surface area contributed by atoms with Crippen LogP contribution in [0.25, 0.3) is 0 Å². The Morgan fingerprint density at radius 2 is 2.40 bits per heavy atom. The van der Waals surface area contributed by atoms with Gasteiger partial charge in [0.05, 0.1) is 12.2 Å². The van der Waals surface area contributed by atoms with E-state index in [1.165, 1.54) is 0 Å². The van der Waals surface area contributed by atoms with Gasteiger partial charge < -0.3 is 0 Å². The molecule has 0 saturated carbocycles. The Kier molecular flexibility index (Phi) is 3.64. The minimum Gasteiger partial charge on any atom is -0.293 e. The van der Waals surface area contributed by atoms with E-state index in [0.717, 1.165) is 37.3 Å². The van der Waals surface area contributed by atoms with Gasteiger partial charge in [0.25, 0.3) is 5.56 Å². The molecule has 1 unspecified atom stereocenters. The third-order valence-corrected chi connectivity index (χ3v) is 3.79. The molecule has 0 bridgehead atoms. The predicted octanol–water partition coefficient (Wildman–Crippen LogP) is 0.939. The van der Waals surface area contributed by atoms with Crippen LogP contribution >= 0.6 is 0 Å². The monoisotopic (exact) mass is 273 g/mol. The van der Waals surface area contributed by atoms with Crippen molar-refractivity contribution in [2.75, 3.05) is 6.54 Å². The molecular weight excluding hydrogens is 254 g/mol. The third kappa shape index (κ3) is 2.80. The Morgan fingerprint density at radius 3 is 3.15 bits per heavy atom. The molecule has 1 atom stereocenters. The van der Waals surface area contributed by atoms with Crippen LogP contribution in [0.1, 0.15) is 24.2 Å². The summed E-state index contributed by atoms with van der Waals surface area (Å²) in [6, 6.07) is 5.67. The smallest absolute Gasteiger partial charge is 0.266 e. The number of H-pyrrole nitrogens is 1. The van der Waals surface area contributed by atoms with Crippen molar-refractivity contribution in [1.82, 2.24) is 24.9 Å². The molecule has 0 radical (unpaired) electrons. The van der Waals surface area contributed by atoms with E-state index >= 15 is 0 Å². The SMILES string of the molecule is Cc1cc(CN2CCCC2Cn2ncccc2=O)n[nH]1. The van der Waals surface area contributed by atoms with Crippen molar-refractivity contribution >= 4 is 0 Å². The maximum atomic E-state index is 11.7. The molecule has 1 aliphatic heterocycles. The van der Waals surface area contributed by atoms with Gasteiger partial charge >= 0.3 is 0 Å². The highest BCUT2D eigenvalue weighted by molar-refractivity contribution is 5.07. The quantitative estimate of drug-likeness (QED) is 0.900. The lowest BCUT2D eigenvalue weighted by atomic mass is 10.2. The van der Waals surface area contributed by atoms with E-state index in [-0.39, 0.29) is 5.56 Å². The molecule has 3 heterocycles. The first-order valence-electron chi connectivity index (χ1n) is 6.99. The highest BCUT2D eigenvalue weighted by Gasteiger charge is 2.25. The molecule has 1 fully saturated rings. The van der Waals surface area contributed by atoms with Crippen LogP contribution in [-0.4, -0.2) is 37.5 Å². The number of rotatable bonds is 4. The van der Waals surface area contributed by atoms with Gasteiger partial charge in [0, 0.05) is 30.5 Å². The lowest BCUT2D eigenvalue weighted by molar-refractivity contribution is 0.214. The first-order valence-corrected chi connectivity index (χ1v) is 6.99. The van der Waals surface area contributed by atoms with Crippen molar-refractivity contribution in [3.63, 3.8) is 0 Å². The van der Waals surface area contributed by atoms with Gasteiger partial charge in [-0.1, -0.05) is 0 Å². The lowest BCUT2D eigenvalue weighted by Crippen LogP contribution is -2.36. The first kappa shape index (κ1) is 13.1. The molecule has 6 nitrogen and oxygen atoms in total. The van der Waals surface area contributed by atoms with Crippen molar-refractivity contribution in [3.8, 4) is 0 Å². The van der Waals surface area contributed by atoms with Crippen LogP contribution in [-0.2, 0) is 13.1 Å². The number of aryl methyl sites for hydroxylation is 1. The van der Waals surface area contributed by atoms with Crippen molar-refractivity contribution < 1.29 is 0 Å². The maximum absolute atomic E-state index is 11.7. The number of aromatic nitrogens is 4. The van der Waals surface area contributed by atoms with Gasteiger partial charge in [-0.3, -0.25) is 14.8 Å². The second-order valence-corrected chi connectivity index (χ2v) is 5.35. The number of nitrogens with zero attached hydrogens (tertiary/aromatic N) is 4. The van der Waals surface area contributed by atoms with Crippen molar-refractivity contribution in [1.29, 1.82) is 0 Å². The van der Waals surface area contributed by atoms with Crippen LogP contribution in [0.5, 0.6) is 0 Å². The number of aromatic amines is 1. The summed E-state index contributed by atoms with van der Waals surface area (Å²) in [7, 11) is 0. The predicted molar refractivity (Wildman–Crippen MR) is 75.3 cm³/mol. The summed E-state index contributed by atoms with van der Waals surface area (Å²) in [4.78, 5) is 14.1. The molecule has 20 heavy (non-hydrogen) atoms. The van der Waals surface area contributed by atoms with Gasteiger partial charge in [0.15, 0.2) is 0 Å². The molecule has 1 saturated heterocycles. The standard InChI is InChI=1S/C14H19N5O/c1-11-8-12(17-16-11)9-18-7-3-4-13(18)10-19-14(20)5-2-6-15-19/h2,5-6,8,13H,3-4,7,9-10H2,1H3,(H,16,17). The molecule has 6 heteroatoms. The molecule has 1 N–H and O–H groups in total. The summed E-state index contributed by atoms with van der Waals surface area (Å²) in [6.45, 7) is 4.54. The maximum Gasteiger partial charge on any atom is 0.266 e. The number of nitrogens with one attached hydrogen (secondary N) is 1. The van der Waals surface area contributed by atoms with Crippen LogP contribution < -0.4 is 5.56 Å². The molecule has 0 spiro atoms. The average Bonchev–Trinajstić information content (AvgIpc) is 3.03. The second-order valence-electron chi connectivity index (χ2n) is 5.35. The fraction of sp³-hybridized carbons (Fsp3) is 0.500. The fourth-order valence-electron chi connectivity index (χ4n) is 2.80. The van der Waals surface area contributed by atoms with Gasteiger partial charge in [0.2, 0.25) is 0 Å². The zero-order valence-electron chi connectivity index (χ0n) is 11.6. The number of likely N-dealkylation sites (tertiary alicyclic amines) is 1. The fourth-order valence-corrected chi connectivity index (χ4v) is 2.80. The topological polar surface area (TPSA) is 66.8 Å². The molecule has 2 aromatic rings. The summed E-state index contributed by atoms with van der Waals surface area (Å²) in [6.07, 6.45) is 3.93. The van der Waals surface area contributed by atoms with E-state index in [9.17, 15) is 4.79 Å². The van der Waals surface area contributed by atoms with E-state index in [0.29, 0.717) is 12.6 Å². The summed E-state index contributed by atoms with van der Waals surface area (Å²) < 4.78 is 1.55. The Morgan fingerprint density at radius 1 is 1.50 bits per heavy atom. The van der Waals surface area contributed by atoms with Gasteiger partial charge in [-0.05, 0) is 38.4 Å². The average molecular weight is 273 g/mol. The molecule has 3 rings (SSSR count). The summed E-state index contributed by atoms with van der Waals surface area (Å²) in [5, 5.41) is 11.4. The molecule has 0 amide bonds. The molecular formula is C14H19N5O. The molecule has 2 aromatic heterocycles. The van der Waals surface area contributed by atoms with E-state index in [2.05, 4.69) is 26.3 Å². The molecule has 106 valence electrons. The van der Waals surface area contributed by atoms with Crippen LogP contribution in [0, 0.1) is 6.92 Å². The van der Waals surface area contributed by atoms with Crippen molar-refractivity contribution in [3.05, 3.63) is 46.1 Å². The second kappa shape index (κ2) is 5.58. The molecule has 0 aliphatic carbocycles. The van der Waals surface area contributed by atoms with Crippen molar-refractivity contribution in [2.24, 2.45) is 0 Å². The Hall–Kier alpha value is -1.95. The Labute approximate surface area is 117 Å². The highest BCUT2D eigenvalue weighted by Crippen LogP contribution is 2.20. The van der Waals surface area contributed by atoms with E-state index < -0.39 is 0 Å². The van der Waals surface area contributed by atoms with E-state index in [1.54, 1.807) is 23.0 Å². The Balaban J connectivity index is 1.69. The van der Waals surface area contributed by atoms with Crippen LogP contribution in [0.4, 0.5) is 0 Å². The lowest BCUT2D eigenvalue weighted by Gasteiger charge is -2.23. The van der Waals surface area contributed by atoms with Crippen LogP contribution in [0.3, 0.4) is 0 Å². The number of hydrogen-bond donors (Lipinski definition) is 1. The van der Waals surface area contributed by atoms with Gasteiger partial charge in [-0.2, -0.15) is 10.2 Å². The van der Waals surface area contributed by atoms with Crippen molar-refractivity contribution in [2.45, 2.75) is 38.9 Å². The van der Waals surface area contributed by atoms with Crippen LogP contribution in [0.2, 0.25) is 0 Å². The highest BCUT2D eigenvalue weighted by atomic mass is 16.1. The molecule has 1 aliphatic rings. The Bertz CT molecular complexity index is 632. The number of hydrogen-bond acceptors (Lipinski definition) is 4. The summed E-state index contributed by atoms with van der Waals surface area (Å²) in [5.41, 5.74) is 2.11. The zero-order chi connectivity index (χ0) is 13.9. The van der Waals surface area contributed by atoms with Crippen LogP contribution in [0.15, 0.2) is 29.2 Å². The van der Waals surface area contributed by atoms with Gasteiger partial charge in [0.1, 0.15) is 0 Å². The van der Waals surface area contributed by atoms with Gasteiger partial charge in [-0.15, -0.1) is 0 Å². The molecule has 0 aromatic carbocycles. The summed E-state index contributed by atoms with van der Waals surface area (Å²) in [5.74, 6) is 0. The van der Waals surface area contributed by atoms with E-state index in [1.807, 2.05) is 6.92 Å². The minimum atomic E-state index is -0.0324.